The van der Waals surface area contributed by atoms with E-state index in [-0.39, 0.29) is 36.8 Å². The molecule has 0 aromatic heterocycles. The van der Waals surface area contributed by atoms with Crippen molar-refractivity contribution in [1.82, 2.24) is 0 Å². The molecule has 0 aliphatic rings. The molecule has 0 spiro atoms. The zero-order chi connectivity index (χ0) is 21.6. The van der Waals surface area contributed by atoms with Crippen LogP contribution in [0.2, 0.25) is 20.1 Å². The lowest BCUT2D eigenvalue weighted by atomic mass is 9.83. The highest BCUT2D eigenvalue weighted by Gasteiger charge is 2.50. The molecular formula is C19H12Cl4O5S. The first-order valence-electron chi connectivity index (χ1n) is 7.89. The van der Waals surface area contributed by atoms with Gasteiger partial charge in [-0.25, -0.2) is 0 Å². The molecule has 0 amide bonds. The molecule has 0 heterocycles. The fourth-order valence-corrected chi connectivity index (χ4v) is 5.28. The lowest BCUT2D eigenvalue weighted by molar-refractivity contribution is 0.444. The molecule has 0 radical (unpaired) electrons. The Balaban J connectivity index is 2.61. The molecule has 3 aromatic carbocycles. The van der Waals surface area contributed by atoms with E-state index < -0.39 is 26.4 Å². The quantitative estimate of drug-likeness (QED) is 0.311. The molecule has 0 fully saturated rings. The Morgan fingerprint density at radius 3 is 1.90 bits per heavy atom. The van der Waals surface area contributed by atoms with Crippen molar-refractivity contribution < 1.29 is 23.2 Å². The third-order valence-corrected chi connectivity index (χ3v) is 7.30. The summed E-state index contributed by atoms with van der Waals surface area (Å²) in [5.41, 5.74) is -0.346. The molecule has 5 nitrogen and oxygen atoms in total. The first kappa shape index (κ1) is 22.0. The van der Waals surface area contributed by atoms with Gasteiger partial charge < -0.3 is 10.2 Å². The average molecular weight is 494 g/mol. The second-order valence-electron chi connectivity index (χ2n) is 6.10. The van der Waals surface area contributed by atoms with Crippen LogP contribution >= 0.6 is 46.4 Å². The van der Waals surface area contributed by atoms with Gasteiger partial charge >= 0.3 is 0 Å². The Labute approximate surface area is 186 Å². The average Bonchev–Trinajstić information content (AvgIpc) is 2.62. The highest BCUT2D eigenvalue weighted by atomic mass is 35.5. The first-order chi connectivity index (χ1) is 13.5. The van der Waals surface area contributed by atoms with E-state index in [9.17, 15) is 23.2 Å². The molecule has 0 saturated heterocycles. The molecule has 3 rings (SSSR count). The number of rotatable bonds is 4. The van der Waals surface area contributed by atoms with Gasteiger partial charge in [-0.1, -0.05) is 70.7 Å². The maximum Gasteiger partial charge on any atom is 0.283 e. The third-order valence-electron chi connectivity index (χ3n) is 4.39. The number of hydrogen-bond donors (Lipinski definition) is 3. The smallest absolute Gasteiger partial charge is 0.283 e. The standard InChI is InChI=1S/C19H12Cl4O5S/c20-12-4-1-3-10(7-12)19(29(26,27)28,13-5-2-6-14(21)17(13)22)11-8-15(24)18(23)16(25)9-11/h1-9,24-25H,(H,26,27,28). The van der Waals surface area contributed by atoms with Crippen LogP contribution in [0.3, 0.4) is 0 Å². The van der Waals surface area contributed by atoms with Gasteiger partial charge in [-0.05, 0) is 41.5 Å². The van der Waals surface area contributed by atoms with E-state index >= 15 is 0 Å². The number of phenolic OH excluding ortho intramolecular Hbond substituents is 2. The summed E-state index contributed by atoms with van der Waals surface area (Å²) in [6.07, 6.45) is 0. The van der Waals surface area contributed by atoms with Gasteiger partial charge in [0, 0.05) is 10.6 Å². The normalized spacial score (nSPS) is 13.8. The first-order valence-corrected chi connectivity index (χ1v) is 10.8. The molecule has 0 aliphatic heterocycles. The highest BCUT2D eigenvalue weighted by molar-refractivity contribution is 7.87. The Hall–Kier alpha value is -1.67. The van der Waals surface area contributed by atoms with Gasteiger partial charge in [-0.15, -0.1) is 0 Å². The number of halogens is 4. The molecule has 1 atom stereocenters. The Morgan fingerprint density at radius 1 is 0.759 bits per heavy atom. The number of hydrogen-bond acceptors (Lipinski definition) is 4. The van der Waals surface area contributed by atoms with Crippen LogP contribution in [0.4, 0.5) is 0 Å². The zero-order valence-corrected chi connectivity index (χ0v) is 18.1. The van der Waals surface area contributed by atoms with Crippen LogP contribution in [0.5, 0.6) is 11.5 Å². The van der Waals surface area contributed by atoms with Crippen molar-refractivity contribution in [2.75, 3.05) is 0 Å². The minimum atomic E-state index is -5.06. The third kappa shape index (κ3) is 3.65. The Kier molecular flexibility index (Phi) is 5.98. The zero-order valence-electron chi connectivity index (χ0n) is 14.3. The van der Waals surface area contributed by atoms with Gasteiger partial charge in [0.25, 0.3) is 10.1 Å². The number of aromatic hydroxyl groups is 2. The molecule has 10 heteroatoms. The van der Waals surface area contributed by atoms with Crippen LogP contribution in [0.15, 0.2) is 54.6 Å². The predicted molar refractivity (Wildman–Crippen MR) is 114 cm³/mol. The summed E-state index contributed by atoms with van der Waals surface area (Å²) in [6, 6.07) is 12.0. The molecular weight excluding hydrogens is 482 g/mol. The van der Waals surface area contributed by atoms with Gasteiger partial charge in [0.15, 0.2) is 4.75 Å². The van der Waals surface area contributed by atoms with E-state index in [1.54, 1.807) is 0 Å². The highest BCUT2D eigenvalue weighted by Crippen LogP contribution is 2.50. The van der Waals surface area contributed by atoms with Crippen LogP contribution in [0.25, 0.3) is 0 Å². The molecule has 0 bridgehead atoms. The largest absolute Gasteiger partial charge is 0.506 e. The fraction of sp³-hybridized carbons (Fsp3) is 0.0526. The Bertz CT molecular complexity index is 1190. The van der Waals surface area contributed by atoms with Crippen molar-refractivity contribution in [2.45, 2.75) is 4.75 Å². The fourth-order valence-electron chi connectivity index (χ4n) is 3.20. The van der Waals surface area contributed by atoms with Crippen LogP contribution < -0.4 is 0 Å². The monoisotopic (exact) mass is 492 g/mol. The summed E-state index contributed by atoms with van der Waals surface area (Å²) in [5, 5.41) is 19.9. The second kappa shape index (κ2) is 7.87. The molecule has 152 valence electrons. The van der Waals surface area contributed by atoms with E-state index in [4.69, 9.17) is 46.4 Å². The van der Waals surface area contributed by atoms with Crippen molar-refractivity contribution in [3.63, 3.8) is 0 Å². The minimum absolute atomic E-state index is 0.00205. The molecule has 3 N–H and O–H groups in total. The number of benzene rings is 3. The molecule has 0 aliphatic carbocycles. The Morgan fingerprint density at radius 2 is 1.34 bits per heavy atom. The van der Waals surface area contributed by atoms with Gasteiger partial charge in [0.1, 0.15) is 16.5 Å². The predicted octanol–water partition coefficient (Wildman–Crippen LogP) is 5.89. The van der Waals surface area contributed by atoms with Crippen molar-refractivity contribution >= 4 is 56.5 Å². The van der Waals surface area contributed by atoms with E-state index in [0.29, 0.717) is 0 Å². The van der Waals surface area contributed by atoms with Gasteiger partial charge in [0.05, 0.1) is 10.0 Å². The topological polar surface area (TPSA) is 94.8 Å². The van der Waals surface area contributed by atoms with E-state index in [1.165, 1.54) is 42.5 Å². The summed E-state index contributed by atoms with van der Waals surface area (Å²) in [6.45, 7) is 0. The van der Waals surface area contributed by atoms with Crippen LogP contribution in [0.1, 0.15) is 16.7 Å². The van der Waals surface area contributed by atoms with Gasteiger partial charge in [-0.3, -0.25) is 4.55 Å². The SMILES string of the molecule is O=S(=O)(O)C(c1cccc(Cl)c1)(c1cc(O)c(Cl)c(O)c1)c1cccc(Cl)c1Cl. The van der Waals surface area contributed by atoms with Crippen molar-refractivity contribution in [3.8, 4) is 11.5 Å². The van der Waals surface area contributed by atoms with E-state index in [0.717, 1.165) is 12.1 Å². The summed E-state index contributed by atoms with van der Waals surface area (Å²) >= 11 is 24.3. The molecule has 1 unspecified atom stereocenters. The van der Waals surface area contributed by atoms with E-state index in [2.05, 4.69) is 0 Å². The summed E-state index contributed by atoms with van der Waals surface area (Å²) in [4.78, 5) is 0. The summed E-state index contributed by atoms with van der Waals surface area (Å²) in [7, 11) is -5.06. The van der Waals surface area contributed by atoms with Gasteiger partial charge in [-0.2, -0.15) is 8.42 Å². The minimum Gasteiger partial charge on any atom is -0.506 e. The summed E-state index contributed by atoms with van der Waals surface area (Å²) in [5.74, 6) is -1.20. The lowest BCUT2D eigenvalue weighted by Crippen LogP contribution is -2.38. The van der Waals surface area contributed by atoms with Crippen LogP contribution in [-0.4, -0.2) is 23.2 Å². The number of phenols is 2. The molecule has 3 aromatic rings. The maximum atomic E-state index is 13.0. The second-order valence-corrected chi connectivity index (χ2v) is 9.26. The lowest BCUT2D eigenvalue weighted by Gasteiger charge is -2.33. The summed E-state index contributed by atoms with van der Waals surface area (Å²) < 4.78 is 34.0. The van der Waals surface area contributed by atoms with Crippen molar-refractivity contribution in [2.24, 2.45) is 0 Å². The van der Waals surface area contributed by atoms with Crippen molar-refractivity contribution in [1.29, 1.82) is 0 Å². The van der Waals surface area contributed by atoms with Crippen molar-refractivity contribution in [3.05, 3.63) is 91.4 Å². The van der Waals surface area contributed by atoms with Crippen LogP contribution in [-0.2, 0) is 14.9 Å². The molecule has 0 saturated carbocycles. The van der Waals surface area contributed by atoms with E-state index in [1.807, 2.05) is 0 Å². The van der Waals surface area contributed by atoms with Gasteiger partial charge in [0.2, 0.25) is 0 Å². The van der Waals surface area contributed by atoms with Crippen LogP contribution in [0, 0.1) is 0 Å². The molecule has 29 heavy (non-hydrogen) atoms. The maximum absolute atomic E-state index is 13.0.